The number of hydrogen-bond donors (Lipinski definition) is 2. The minimum Gasteiger partial charge on any atom is -0.382 e. The summed E-state index contributed by atoms with van der Waals surface area (Å²) in [4.78, 5) is 10.9. The summed E-state index contributed by atoms with van der Waals surface area (Å²) in [6.07, 6.45) is 2.13. The van der Waals surface area contributed by atoms with Crippen LogP contribution in [-0.2, 0) is 4.79 Å². The van der Waals surface area contributed by atoms with Crippen molar-refractivity contribution in [1.82, 2.24) is 0 Å². The van der Waals surface area contributed by atoms with Crippen molar-refractivity contribution in [3.8, 4) is 0 Å². The molecule has 1 amide bonds. The van der Waals surface area contributed by atoms with Crippen LogP contribution in [-0.4, -0.2) is 12.5 Å². The second-order valence-corrected chi connectivity index (χ2v) is 4.44. The Morgan fingerprint density at radius 1 is 1.33 bits per heavy atom. The van der Waals surface area contributed by atoms with Crippen molar-refractivity contribution in [2.45, 2.75) is 33.6 Å². The lowest BCUT2D eigenvalue weighted by atomic mass is 10.0. The molecule has 0 heterocycles. The van der Waals surface area contributed by atoms with E-state index in [1.807, 2.05) is 0 Å². The van der Waals surface area contributed by atoms with Crippen molar-refractivity contribution < 1.29 is 9.18 Å². The van der Waals surface area contributed by atoms with Crippen LogP contribution in [0.15, 0.2) is 18.2 Å². The Balaban J connectivity index is 2.71. The van der Waals surface area contributed by atoms with E-state index in [1.54, 1.807) is 12.1 Å². The zero-order chi connectivity index (χ0) is 13.5. The molecule has 0 aliphatic heterocycles. The number of anilines is 2. The number of carbonyl (C=O) groups excluding carboxylic acids is 1. The molecule has 0 radical (unpaired) electrons. The molecular weight excluding hydrogens is 231 g/mol. The van der Waals surface area contributed by atoms with Crippen molar-refractivity contribution in [3.63, 3.8) is 0 Å². The van der Waals surface area contributed by atoms with Gasteiger partial charge in [-0.3, -0.25) is 4.79 Å². The summed E-state index contributed by atoms with van der Waals surface area (Å²) in [5, 5.41) is 5.74. The highest BCUT2D eigenvalue weighted by molar-refractivity contribution is 5.89. The molecule has 0 unspecified atom stereocenters. The number of benzene rings is 1. The predicted molar refractivity (Wildman–Crippen MR) is 73.3 cm³/mol. The molecule has 0 bridgehead atoms. The van der Waals surface area contributed by atoms with Crippen LogP contribution < -0.4 is 10.6 Å². The zero-order valence-electron chi connectivity index (χ0n) is 11.2. The van der Waals surface area contributed by atoms with Crippen molar-refractivity contribution in [2.75, 3.05) is 17.2 Å². The van der Waals surface area contributed by atoms with Crippen LogP contribution in [0, 0.1) is 11.7 Å². The van der Waals surface area contributed by atoms with Crippen LogP contribution in [0.4, 0.5) is 15.8 Å². The quantitative estimate of drug-likeness (QED) is 0.811. The van der Waals surface area contributed by atoms with E-state index in [0.717, 1.165) is 19.4 Å². The summed E-state index contributed by atoms with van der Waals surface area (Å²) in [6.45, 7) is 6.42. The number of nitrogens with one attached hydrogen (secondary N) is 2. The topological polar surface area (TPSA) is 41.1 Å². The largest absolute Gasteiger partial charge is 0.382 e. The van der Waals surface area contributed by atoms with Gasteiger partial charge in [0, 0.05) is 19.2 Å². The number of amides is 1. The van der Waals surface area contributed by atoms with Crippen molar-refractivity contribution in [3.05, 3.63) is 24.0 Å². The molecule has 0 aliphatic rings. The molecule has 3 nitrogen and oxygen atoms in total. The lowest BCUT2D eigenvalue weighted by Crippen LogP contribution is -2.14. The lowest BCUT2D eigenvalue weighted by molar-refractivity contribution is -0.114. The van der Waals surface area contributed by atoms with E-state index in [-0.39, 0.29) is 11.7 Å². The molecule has 1 rings (SSSR count). The average molecular weight is 252 g/mol. The highest BCUT2D eigenvalue weighted by Crippen LogP contribution is 2.20. The molecule has 0 atom stereocenters. The third kappa shape index (κ3) is 4.35. The monoisotopic (exact) mass is 252 g/mol. The molecule has 1 aromatic carbocycles. The van der Waals surface area contributed by atoms with E-state index in [4.69, 9.17) is 0 Å². The van der Waals surface area contributed by atoms with Crippen LogP contribution in [0.2, 0.25) is 0 Å². The molecule has 0 saturated heterocycles. The highest BCUT2D eigenvalue weighted by Gasteiger charge is 2.07. The maximum atomic E-state index is 13.6. The Labute approximate surface area is 108 Å². The lowest BCUT2D eigenvalue weighted by Gasteiger charge is -2.15. The minimum absolute atomic E-state index is 0.160. The van der Waals surface area contributed by atoms with Gasteiger partial charge in [0.25, 0.3) is 0 Å². The van der Waals surface area contributed by atoms with Gasteiger partial charge in [-0.2, -0.15) is 0 Å². The third-order valence-electron chi connectivity index (χ3n) is 3.02. The standard InChI is InChI=1S/C14H21FN2O/c1-4-11(5-2)9-16-14-8-12(17-10(3)18)6-7-13(14)15/h6-8,11,16H,4-5,9H2,1-3H3,(H,17,18). The Hall–Kier alpha value is -1.58. The second kappa shape index (κ2) is 6.99. The van der Waals surface area contributed by atoms with Crippen molar-refractivity contribution in [1.29, 1.82) is 0 Å². The number of halogens is 1. The zero-order valence-corrected chi connectivity index (χ0v) is 11.2. The fourth-order valence-electron chi connectivity index (χ4n) is 1.77. The van der Waals surface area contributed by atoms with E-state index in [1.165, 1.54) is 13.0 Å². The summed E-state index contributed by atoms with van der Waals surface area (Å²) in [6, 6.07) is 4.54. The summed E-state index contributed by atoms with van der Waals surface area (Å²) in [5.41, 5.74) is 1.05. The first kappa shape index (κ1) is 14.5. The Bertz CT molecular complexity index is 403. The molecular formula is C14H21FN2O. The van der Waals surface area contributed by atoms with Gasteiger partial charge in [-0.1, -0.05) is 26.7 Å². The van der Waals surface area contributed by atoms with Crippen molar-refractivity contribution >= 4 is 17.3 Å². The molecule has 0 saturated carbocycles. The summed E-state index contributed by atoms with van der Waals surface area (Å²) >= 11 is 0. The Kier molecular flexibility index (Phi) is 5.62. The van der Waals surface area contributed by atoms with Gasteiger partial charge in [0.1, 0.15) is 5.82 Å². The maximum Gasteiger partial charge on any atom is 0.221 e. The van der Waals surface area contributed by atoms with Crippen molar-refractivity contribution in [2.24, 2.45) is 5.92 Å². The average Bonchev–Trinajstić information content (AvgIpc) is 2.33. The van der Waals surface area contributed by atoms with E-state index < -0.39 is 0 Å². The fourth-order valence-corrected chi connectivity index (χ4v) is 1.77. The number of hydrogen-bond acceptors (Lipinski definition) is 2. The smallest absolute Gasteiger partial charge is 0.221 e. The summed E-state index contributed by atoms with van der Waals surface area (Å²) in [5.74, 6) is 0.0800. The van der Waals surface area contributed by atoms with Gasteiger partial charge in [0.2, 0.25) is 5.91 Å². The predicted octanol–water partition coefficient (Wildman–Crippen LogP) is 3.63. The van der Waals surface area contributed by atoms with Gasteiger partial charge in [-0.25, -0.2) is 4.39 Å². The second-order valence-electron chi connectivity index (χ2n) is 4.44. The van der Waals surface area contributed by atoms with Gasteiger partial charge < -0.3 is 10.6 Å². The van der Waals surface area contributed by atoms with Crippen LogP contribution in [0.1, 0.15) is 33.6 Å². The van der Waals surface area contributed by atoms with Gasteiger partial charge in [-0.15, -0.1) is 0 Å². The maximum absolute atomic E-state index is 13.6. The van der Waals surface area contributed by atoms with Crippen LogP contribution in [0.3, 0.4) is 0 Å². The van der Waals surface area contributed by atoms with Crippen LogP contribution in [0.5, 0.6) is 0 Å². The van der Waals surface area contributed by atoms with E-state index in [0.29, 0.717) is 17.3 Å². The molecule has 18 heavy (non-hydrogen) atoms. The first-order valence-electron chi connectivity index (χ1n) is 6.37. The normalized spacial score (nSPS) is 10.5. The van der Waals surface area contributed by atoms with Gasteiger partial charge in [0.15, 0.2) is 0 Å². The Morgan fingerprint density at radius 2 is 2.00 bits per heavy atom. The Morgan fingerprint density at radius 3 is 2.56 bits per heavy atom. The minimum atomic E-state index is -0.296. The third-order valence-corrected chi connectivity index (χ3v) is 3.02. The summed E-state index contributed by atoms with van der Waals surface area (Å²) in [7, 11) is 0. The first-order chi connectivity index (χ1) is 8.56. The van der Waals surface area contributed by atoms with Gasteiger partial charge >= 0.3 is 0 Å². The van der Waals surface area contributed by atoms with Crippen LogP contribution in [0.25, 0.3) is 0 Å². The highest BCUT2D eigenvalue weighted by atomic mass is 19.1. The molecule has 1 aromatic rings. The molecule has 0 spiro atoms. The molecule has 0 aromatic heterocycles. The van der Waals surface area contributed by atoms with E-state index in [2.05, 4.69) is 24.5 Å². The molecule has 4 heteroatoms. The number of carbonyl (C=O) groups is 1. The molecule has 2 N–H and O–H groups in total. The van der Waals surface area contributed by atoms with Crippen LogP contribution >= 0.6 is 0 Å². The van der Waals surface area contributed by atoms with E-state index >= 15 is 0 Å². The molecule has 0 fully saturated rings. The molecule has 100 valence electrons. The van der Waals surface area contributed by atoms with Gasteiger partial charge in [-0.05, 0) is 24.1 Å². The fraction of sp³-hybridized carbons (Fsp3) is 0.500. The van der Waals surface area contributed by atoms with Gasteiger partial charge in [0.05, 0.1) is 5.69 Å². The summed E-state index contributed by atoms with van der Waals surface area (Å²) < 4.78 is 13.6. The molecule has 0 aliphatic carbocycles. The first-order valence-corrected chi connectivity index (χ1v) is 6.37. The number of rotatable bonds is 6. The SMILES string of the molecule is CCC(CC)CNc1cc(NC(C)=O)ccc1F. The van der Waals surface area contributed by atoms with E-state index in [9.17, 15) is 9.18 Å².